The number of aryl methyl sites for hydroxylation is 1. The van der Waals surface area contributed by atoms with Crippen LogP contribution in [0.2, 0.25) is 5.02 Å². The van der Waals surface area contributed by atoms with E-state index in [0.717, 1.165) is 22.8 Å². The van der Waals surface area contributed by atoms with Crippen molar-refractivity contribution in [2.75, 3.05) is 16.4 Å². The topological polar surface area (TPSA) is 71.8 Å². The summed E-state index contributed by atoms with van der Waals surface area (Å²) < 4.78 is 1.88. The van der Waals surface area contributed by atoms with Gasteiger partial charge < -0.3 is 15.2 Å². The standard InChI is InChI=1S/C19H20ClN5OS/c1-13-5-3-8-16(9-13)22-18(26)12-27-19-24-23-17(25(19)2)11-21-15-7-4-6-14(20)10-15/h3-10,21H,11-12H2,1-2H3,(H,22,26). The van der Waals surface area contributed by atoms with E-state index in [1.807, 2.05) is 67.1 Å². The number of rotatable bonds is 7. The molecule has 0 radical (unpaired) electrons. The first-order chi connectivity index (χ1) is 13.0. The number of halogens is 1. The molecule has 1 aromatic heterocycles. The van der Waals surface area contributed by atoms with Gasteiger partial charge >= 0.3 is 0 Å². The molecule has 1 heterocycles. The normalized spacial score (nSPS) is 10.6. The highest BCUT2D eigenvalue weighted by Gasteiger charge is 2.11. The van der Waals surface area contributed by atoms with Crippen LogP contribution in [0.15, 0.2) is 53.7 Å². The maximum absolute atomic E-state index is 12.1. The Hall–Kier alpha value is -2.51. The van der Waals surface area contributed by atoms with Gasteiger partial charge in [0.05, 0.1) is 12.3 Å². The number of aromatic nitrogens is 3. The lowest BCUT2D eigenvalue weighted by atomic mass is 10.2. The third kappa shape index (κ3) is 5.48. The lowest BCUT2D eigenvalue weighted by Crippen LogP contribution is -2.14. The van der Waals surface area contributed by atoms with Crippen LogP contribution < -0.4 is 10.6 Å². The summed E-state index contributed by atoms with van der Waals surface area (Å²) in [5.74, 6) is 0.963. The minimum absolute atomic E-state index is 0.0767. The molecule has 3 rings (SSSR count). The van der Waals surface area contributed by atoms with Crippen molar-refractivity contribution in [1.29, 1.82) is 0 Å². The molecule has 0 saturated carbocycles. The Labute approximate surface area is 167 Å². The van der Waals surface area contributed by atoms with Gasteiger partial charge in [0.15, 0.2) is 11.0 Å². The first kappa shape index (κ1) is 19.3. The van der Waals surface area contributed by atoms with E-state index in [2.05, 4.69) is 20.8 Å². The molecule has 0 saturated heterocycles. The Bertz CT molecular complexity index is 943. The van der Waals surface area contributed by atoms with E-state index < -0.39 is 0 Å². The molecule has 8 heteroatoms. The van der Waals surface area contributed by atoms with Crippen molar-refractivity contribution < 1.29 is 4.79 Å². The second-order valence-electron chi connectivity index (χ2n) is 6.03. The minimum Gasteiger partial charge on any atom is -0.378 e. The molecule has 0 unspecified atom stereocenters. The fraction of sp³-hybridized carbons (Fsp3) is 0.211. The maximum atomic E-state index is 12.1. The van der Waals surface area contributed by atoms with Gasteiger partial charge in [0.1, 0.15) is 0 Å². The van der Waals surface area contributed by atoms with Crippen LogP contribution in [0.5, 0.6) is 0 Å². The van der Waals surface area contributed by atoms with E-state index in [1.54, 1.807) is 0 Å². The van der Waals surface area contributed by atoms with Gasteiger partial charge in [-0.25, -0.2) is 0 Å². The van der Waals surface area contributed by atoms with Gasteiger partial charge in [-0.2, -0.15) is 0 Å². The van der Waals surface area contributed by atoms with Crippen molar-refractivity contribution >= 4 is 40.6 Å². The van der Waals surface area contributed by atoms with Crippen molar-refractivity contribution in [2.45, 2.75) is 18.6 Å². The van der Waals surface area contributed by atoms with Gasteiger partial charge in [0, 0.05) is 23.4 Å². The zero-order valence-electron chi connectivity index (χ0n) is 15.1. The molecule has 1 amide bonds. The second kappa shape index (κ2) is 8.92. The second-order valence-corrected chi connectivity index (χ2v) is 7.41. The van der Waals surface area contributed by atoms with Gasteiger partial charge in [-0.05, 0) is 42.8 Å². The van der Waals surface area contributed by atoms with Crippen LogP contribution in [0.25, 0.3) is 0 Å². The predicted octanol–water partition coefficient (Wildman–Crippen LogP) is 4.12. The van der Waals surface area contributed by atoms with E-state index in [-0.39, 0.29) is 11.7 Å². The van der Waals surface area contributed by atoms with Gasteiger partial charge in [-0.3, -0.25) is 4.79 Å². The number of thioether (sulfide) groups is 1. The average molecular weight is 402 g/mol. The smallest absolute Gasteiger partial charge is 0.234 e. The molecule has 0 aliphatic carbocycles. The van der Waals surface area contributed by atoms with E-state index in [9.17, 15) is 4.79 Å². The minimum atomic E-state index is -0.0767. The number of nitrogens with one attached hydrogen (secondary N) is 2. The third-order valence-corrected chi connectivity index (χ3v) is 5.09. The number of carbonyl (C=O) groups is 1. The molecule has 2 N–H and O–H groups in total. The fourth-order valence-corrected chi connectivity index (χ4v) is 3.37. The fourth-order valence-electron chi connectivity index (χ4n) is 2.45. The van der Waals surface area contributed by atoms with Crippen LogP contribution >= 0.6 is 23.4 Å². The van der Waals surface area contributed by atoms with Crippen molar-refractivity contribution in [2.24, 2.45) is 7.05 Å². The summed E-state index contributed by atoms with van der Waals surface area (Å²) in [6.45, 7) is 2.50. The highest BCUT2D eigenvalue weighted by Crippen LogP contribution is 2.19. The Morgan fingerprint density at radius 2 is 1.93 bits per heavy atom. The van der Waals surface area contributed by atoms with Crippen molar-refractivity contribution in [1.82, 2.24) is 14.8 Å². The summed E-state index contributed by atoms with van der Waals surface area (Å²) in [5, 5.41) is 15.9. The summed E-state index contributed by atoms with van der Waals surface area (Å²) in [5.41, 5.74) is 2.81. The highest BCUT2D eigenvalue weighted by molar-refractivity contribution is 7.99. The maximum Gasteiger partial charge on any atom is 0.234 e. The number of hydrogen-bond donors (Lipinski definition) is 2. The Morgan fingerprint density at radius 3 is 2.70 bits per heavy atom. The molecule has 2 aromatic carbocycles. The SMILES string of the molecule is Cc1cccc(NC(=O)CSc2nnc(CNc3cccc(Cl)c3)n2C)c1. The molecule has 27 heavy (non-hydrogen) atoms. The molecule has 140 valence electrons. The van der Waals surface area contributed by atoms with Crippen LogP contribution in [0.3, 0.4) is 0 Å². The van der Waals surface area contributed by atoms with Crippen LogP contribution in [0, 0.1) is 6.92 Å². The summed E-state index contributed by atoms with van der Waals surface area (Å²) >= 11 is 7.34. The summed E-state index contributed by atoms with van der Waals surface area (Å²) in [6, 6.07) is 15.2. The van der Waals surface area contributed by atoms with Crippen LogP contribution in [-0.4, -0.2) is 26.4 Å². The lowest BCUT2D eigenvalue weighted by molar-refractivity contribution is -0.113. The molecule has 3 aromatic rings. The number of carbonyl (C=O) groups excluding carboxylic acids is 1. The van der Waals surface area contributed by atoms with Gasteiger partial charge in [0.25, 0.3) is 0 Å². The summed E-state index contributed by atoms with van der Waals surface area (Å²) in [7, 11) is 1.88. The van der Waals surface area contributed by atoms with Crippen LogP contribution in [0.1, 0.15) is 11.4 Å². The summed E-state index contributed by atoms with van der Waals surface area (Å²) in [6.07, 6.45) is 0. The van der Waals surface area contributed by atoms with E-state index >= 15 is 0 Å². The number of hydrogen-bond acceptors (Lipinski definition) is 5. The number of anilines is 2. The van der Waals surface area contributed by atoms with Crippen LogP contribution in [0.4, 0.5) is 11.4 Å². The average Bonchev–Trinajstić information content (AvgIpc) is 2.98. The van der Waals surface area contributed by atoms with Crippen molar-refractivity contribution in [3.05, 3.63) is 64.9 Å². The van der Waals surface area contributed by atoms with Gasteiger partial charge in [-0.15, -0.1) is 10.2 Å². The number of amides is 1. The molecule has 0 spiro atoms. The number of nitrogens with zero attached hydrogens (tertiary/aromatic N) is 3. The van der Waals surface area contributed by atoms with Crippen molar-refractivity contribution in [3.8, 4) is 0 Å². The molecule has 0 aliphatic heterocycles. The van der Waals surface area contributed by atoms with Gasteiger partial charge in [-0.1, -0.05) is 41.6 Å². The molecule has 0 atom stereocenters. The molecule has 0 aliphatic rings. The van der Waals surface area contributed by atoms with E-state index in [1.165, 1.54) is 11.8 Å². The molecule has 6 nitrogen and oxygen atoms in total. The first-order valence-corrected chi connectivity index (χ1v) is 9.74. The molecular formula is C19H20ClN5OS. The largest absolute Gasteiger partial charge is 0.378 e. The molecule has 0 fully saturated rings. The Morgan fingerprint density at radius 1 is 1.15 bits per heavy atom. The van der Waals surface area contributed by atoms with Crippen molar-refractivity contribution in [3.63, 3.8) is 0 Å². The zero-order valence-corrected chi connectivity index (χ0v) is 16.6. The zero-order chi connectivity index (χ0) is 19.2. The Balaban J connectivity index is 1.53. The predicted molar refractivity (Wildman–Crippen MR) is 110 cm³/mol. The lowest BCUT2D eigenvalue weighted by Gasteiger charge is -2.08. The van der Waals surface area contributed by atoms with E-state index in [4.69, 9.17) is 11.6 Å². The highest BCUT2D eigenvalue weighted by atomic mass is 35.5. The van der Waals surface area contributed by atoms with E-state index in [0.29, 0.717) is 16.7 Å². The number of benzene rings is 2. The monoisotopic (exact) mass is 401 g/mol. The quantitative estimate of drug-likeness (QED) is 0.582. The molecular weight excluding hydrogens is 382 g/mol. The first-order valence-electron chi connectivity index (χ1n) is 8.38. The van der Waals surface area contributed by atoms with Crippen LogP contribution in [-0.2, 0) is 18.4 Å². The van der Waals surface area contributed by atoms with Gasteiger partial charge in [0.2, 0.25) is 5.91 Å². The molecule has 0 bridgehead atoms. The summed E-state index contributed by atoms with van der Waals surface area (Å²) in [4.78, 5) is 12.1. The third-order valence-electron chi connectivity index (χ3n) is 3.83. The Kier molecular flexibility index (Phi) is 6.36.